The molecule has 10 nitrogen and oxygen atoms in total. The zero-order chi connectivity index (χ0) is 63.1. The molecule has 1 aliphatic heterocycles. The van der Waals surface area contributed by atoms with E-state index in [-0.39, 0.29) is 70.4 Å². The fourth-order valence-corrected chi connectivity index (χ4v) is 11.6. The van der Waals surface area contributed by atoms with E-state index in [2.05, 4.69) is 42.0 Å². The molecule has 21 heteroatoms. The van der Waals surface area contributed by atoms with Crippen molar-refractivity contribution < 1.29 is 48.5 Å². The summed E-state index contributed by atoms with van der Waals surface area (Å²) in [6.45, 7) is 27.1. The van der Waals surface area contributed by atoms with Gasteiger partial charge in [-0.3, -0.25) is 18.8 Å². The number of pyridine rings is 1. The molecule has 1 saturated heterocycles. The maximum Gasteiger partial charge on any atom is 0.292 e. The van der Waals surface area contributed by atoms with Gasteiger partial charge in [-0.1, -0.05) is 94.6 Å². The van der Waals surface area contributed by atoms with E-state index in [0.29, 0.717) is 64.7 Å². The molecule has 3 aliphatic rings. The molecular weight excluding hydrogens is 1140 g/mol. The van der Waals surface area contributed by atoms with Crippen molar-refractivity contribution in [3.05, 3.63) is 115 Å². The lowest BCUT2D eigenvalue weighted by Gasteiger charge is -2.32. The number of alkyl halides is 7. The molecule has 1 N–H and O–H groups in total. The van der Waals surface area contributed by atoms with Gasteiger partial charge < -0.3 is 10.3 Å². The summed E-state index contributed by atoms with van der Waals surface area (Å²) in [5, 5.41) is 12.8. The Morgan fingerprint density at radius 1 is 0.917 bits per heavy atom. The van der Waals surface area contributed by atoms with Crippen LogP contribution in [0.3, 0.4) is 0 Å². The zero-order valence-electron chi connectivity index (χ0n) is 51.0. The minimum absolute atomic E-state index is 0.0450. The second-order valence-electron chi connectivity index (χ2n) is 23.3. The van der Waals surface area contributed by atoms with E-state index in [1.54, 1.807) is 4.57 Å². The topological polar surface area (TPSA) is 127 Å². The predicted molar refractivity (Wildman–Crippen MR) is 320 cm³/mol. The minimum Gasteiger partial charge on any atom is -0.304 e. The summed E-state index contributed by atoms with van der Waals surface area (Å²) in [6.07, 6.45) is 2.96. The van der Waals surface area contributed by atoms with Crippen LogP contribution in [0, 0.1) is 54.6 Å². The van der Waals surface area contributed by atoms with Crippen molar-refractivity contribution in [3.63, 3.8) is 0 Å². The Morgan fingerprint density at radius 2 is 1.54 bits per heavy atom. The Labute approximate surface area is 498 Å². The van der Waals surface area contributed by atoms with Crippen LogP contribution in [0.4, 0.5) is 39.5 Å². The van der Waals surface area contributed by atoms with Crippen LogP contribution in [-0.2, 0) is 57.9 Å². The summed E-state index contributed by atoms with van der Waals surface area (Å²) in [5.41, 5.74) is 4.11. The van der Waals surface area contributed by atoms with Gasteiger partial charge in [-0.25, -0.2) is 40.7 Å². The molecule has 2 aliphatic carbocycles. The lowest BCUT2D eigenvalue weighted by atomic mass is 9.84. The number of benzene rings is 2. The molecule has 1 saturated carbocycles. The molecule has 0 amide bonds. The summed E-state index contributed by atoms with van der Waals surface area (Å²) in [4.78, 5) is 38.0. The molecule has 3 aromatic heterocycles. The van der Waals surface area contributed by atoms with E-state index in [9.17, 15) is 49.1 Å². The standard InChI is InChI=1S/C39H46F4N4O.C11H12F4N2O.C11H22FN.C2H6.OS2/c1-8-9-27-10-11-32(24(7)34(27)35(44)22(4)5)47-37(30(21(2)3)19-25-17-28(40)20-29(41)18-25)46-36-33(38(47)48)23(6)16-31(45-36)26-12-14-39(42,43)15-13-26;1-5-3-7-8(10(12)13)16-17(4-6(2)18)9(7)11(5,14)15;1-3-4-5-6-13-8-10(2)7-11(12)9-13;1-2;1-3-2/h10-11,16-18,20-22,26,30,44H,8-9,12-15,19H2,1-7H3;5,10H,3-4H2,1-2H3;10-11H,3-9H2,1-2H3;1-2H3;/t;;10-,11?;;/m..1../s1. The van der Waals surface area contributed by atoms with Crippen molar-refractivity contribution in [2.45, 2.75) is 210 Å². The van der Waals surface area contributed by atoms with Crippen molar-refractivity contribution in [1.82, 2.24) is 29.2 Å². The van der Waals surface area contributed by atoms with Crippen molar-refractivity contribution in [3.8, 4) is 5.69 Å². The molecule has 0 radical (unpaired) electrons. The number of aryl methyl sites for hydroxylation is 2. The number of rotatable bonds is 17. The number of ketones is 1. The largest absolute Gasteiger partial charge is 0.304 e. The van der Waals surface area contributed by atoms with Gasteiger partial charge in [0.1, 0.15) is 35.0 Å². The number of hydrogen-bond donors (Lipinski definition) is 1. The Morgan fingerprint density at radius 3 is 2.07 bits per heavy atom. The number of nitrogens with one attached hydrogen (secondary N) is 1. The molecule has 84 heavy (non-hydrogen) atoms. The third-order valence-corrected chi connectivity index (χ3v) is 15.7. The number of halogens is 9. The van der Waals surface area contributed by atoms with Crippen molar-refractivity contribution in [2.24, 2.45) is 23.7 Å². The monoisotopic (exact) mass is 1220 g/mol. The average Bonchev–Trinajstić information content (AvgIpc) is 1.52. The smallest absolute Gasteiger partial charge is 0.292 e. The fourth-order valence-electron chi connectivity index (χ4n) is 11.6. The third-order valence-electron chi connectivity index (χ3n) is 15.7. The van der Waals surface area contributed by atoms with E-state index in [1.165, 1.54) is 45.2 Å². The first-order valence-electron chi connectivity index (χ1n) is 29.5. The molecule has 2 aromatic carbocycles. The van der Waals surface area contributed by atoms with Gasteiger partial charge in [0.2, 0.25) is 5.92 Å². The number of aromatic nitrogens is 5. The van der Waals surface area contributed by atoms with Crippen molar-refractivity contribution in [1.29, 1.82) is 5.41 Å². The number of fused-ring (bicyclic) bond motifs is 2. The summed E-state index contributed by atoms with van der Waals surface area (Å²) in [7, 11) is 0.0833. The number of carbonyl (C=O) groups excluding carboxylic acids is 1. The van der Waals surface area contributed by atoms with E-state index in [0.717, 1.165) is 59.8 Å². The molecule has 0 spiro atoms. The van der Waals surface area contributed by atoms with Gasteiger partial charge in [-0.05, 0) is 137 Å². The Bertz CT molecular complexity index is 3080. The molecule has 8 rings (SSSR count). The van der Waals surface area contributed by atoms with Crippen molar-refractivity contribution in [2.75, 3.05) is 19.6 Å². The Hall–Kier alpha value is -5.15. The summed E-state index contributed by atoms with van der Waals surface area (Å²) < 4.78 is 134. The van der Waals surface area contributed by atoms with Crippen LogP contribution in [0.15, 0.2) is 41.2 Å². The predicted octanol–water partition coefficient (Wildman–Crippen LogP) is 16.2. The van der Waals surface area contributed by atoms with Crippen LogP contribution >= 0.6 is 0 Å². The lowest BCUT2D eigenvalue weighted by molar-refractivity contribution is -0.118. The summed E-state index contributed by atoms with van der Waals surface area (Å²) in [6, 6.07) is 9.16. The zero-order valence-corrected chi connectivity index (χ0v) is 52.7. The van der Waals surface area contributed by atoms with Crippen LogP contribution in [-0.4, -0.2) is 76.6 Å². The molecule has 466 valence electrons. The van der Waals surface area contributed by atoms with Crippen LogP contribution in [0.1, 0.15) is 208 Å². The highest BCUT2D eigenvalue weighted by Crippen LogP contribution is 2.48. The van der Waals surface area contributed by atoms with Crippen LogP contribution < -0.4 is 5.56 Å². The van der Waals surface area contributed by atoms with Gasteiger partial charge in [0.25, 0.3) is 17.9 Å². The van der Waals surface area contributed by atoms with Crippen molar-refractivity contribution >= 4 is 43.9 Å². The molecule has 2 fully saturated rings. The first kappa shape index (κ1) is 71.3. The fraction of sp³-hybridized carbons (Fsp3) is 0.619. The van der Waals surface area contributed by atoms with Crippen LogP contribution in [0.2, 0.25) is 0 Å². The quantitative estimate of drug-likeness (QED) is 0.0554. The maximum absolute atomic E-state index is 14.8. The molecule has 3 unspecified atom stereocenters. The molecular formula is C63H86F9N7O3S2. The van der Waals surface area contributed by atoms with Gasteiger partial charge in [0, 0.05) is 83.5 Å². The third kappa shape index (κ3) is 18.2. The van der Waals surface area contributed by atoms with Crippen LogP contribution in [0.25, 0.3) is 16.7 Å². The number of carbonyl (C=O) groups is 1. The van der Waals surface area contributed by atoms with E-state index in [1.807, 2.05) is 73.6 Å². The number of unbranched alkanes of at least 4 members (excludes halogenated alkanes) is 2. The van der Waals surface area contributed by atoms with Gasteiger partial charge in [-0.15, -0.1) is 0 Å². The van der Waals surface area contributed by atoms with Crippen LogP contribution in [0.5, 0.6) is 0 Å². The number of piperidine rings is 1. The van der Waals surface area contributed by atoms with E-state index >= 15 is 0 Å². The normalized spacial score (nSPS) is 18.6. The van der Waals surface area contributed by atoms with Gasteiger partial charge in [0.05, 0.1) is 17.6 Å². The molecule has 4 heterocycles. The molecule has 0 bridgehead atoms. The Balaban J connectivity index is 0.000000340. The van der Waals surface area contributed by atoms with E-state index in [4.69, 9.17) is 19.6 Å². The Kier molecular flexibility index (Phi) is 27.2. The highest BCUT2D eigenvalue weighted by atomic mass is 32.8. The van der Waals surface area contributed by atoms with Gasteiger partial charge in [0.15, 0.2) is 21.7 Å². The minimum atomic E-state index is -3.22. The molecule has 5 aromatic rings. The van der Waals surface area contributed by atoms with E-state index < -0.39 is 71.6 Å². The number of hydrogen-bond acceptors (Lipinski definition) is 9. The maximum atomic E-state index is 14.8. The summed E-state index contributed by atoms with van der Waals surface area (Å²) in [5.74, 6) is -8.56. The number of Topliss-reactive ketones (excluding diaryl/α,β-unsaturated/α-hetero) is 1. The average molecular weight is 1220 g/mol. The number of nitrogens with zero attached hydrogens (tertiary/aromatic N) is 6. The first-order valence-corrected chi connectivity index (χ1v) is 31.2. The van der Waals surface area contributed by atoms with Gasteiger partial charge in [-0.2, -0.15) is 18.1 Å². The summed E-state index contributed by atoms with van der Waals surface area (Å²) >= 11 is 3.75. The first-order chi connectivity index (χ1) is 39.5. The second-order valence-corrected chi connectivity index (χ2v) is 23.8. The number of likely N-dealkylation sites (tertiary alicyclic amines) is 1. The SMILES string of the molecule is CC.CC(=O)Cn1nc(C(F)F)c2c1C(F)(F)C(C)C2.CCCCCN1CC(F)C[C@@H](C)C1.CCCc1ccc(-n2c(C(Cc3cc(F)cc(F)c3)C(C)C)nc3nc(C4CCC(F)(F)CC4)cc(C)c3c2=O)c(C)c1C(=N)C(C)C.O=S=S. The highest BCUT2D eigenvalue weighted by molar-refractivity contribution is 8.11. The highest BCUT2D eigenvalue weighted by Gasteiger charge is 2.51. The lowest BCUT2D eigenvalue weighted by Crippen LogP contribution is -2.41. The molecule has 4 atom stereocenters. The second kappa shape index (κ2) is 32.0. The van der Waals surface area contributed by atoms with Gasteiger partial charge >= 0.3 is 0 Å².